The van der Waals surface area contributed by atoms with E-state index >= 15 is 0 Å². The second-order valence-electron chi connectivity index (χ2n) is 4.35. The van der Waals surface area contributed by atoms with Crippen molar-refractivity contribution in [2.24, 2.45) is 0 Å². The monoisotopic (exact) mass is 289 g/mol. The van der Waals surface area contributed by atoms with Crippen molar-refractivity contribution >= 4 is 5.69 Å². The van der Waals surface area contributed by atoms with Crippen LogP contribution in [0.4, 0.5) is 5.69 Å². The van der Waals surface area contributed by atoms with Crippen LogP contribution in [-0.4, -0.2) is 17.1 Å². The van der Waals surface area contributed by atoms with E-state index in [1.54, 1.807) is 25.3 Å². The number of rotatable bonds is 6. The molecule has 0 heterocycles. The van der Waals surface area contributed by atoms with Crippen LogP contribution in [0.3, 0.4) is 0 Å². The second-order valence-corrected chi connectivity index (χ2v) is 4.35. The number of aliphatic hydroxyl groups excluding tert-OH is 1. The summed E-state index contributed by atoms with van der Waals surface area (Å²) in [4.78, 5) is 10.5. The minimum Gasteiger partial charge on any atom is -0.497 e. The predicted octanol–water partition coefficient (Wildman–Crippen LogP) is 2.67. The molecule has 0 unspecified atom stereocenters. The molecule has 2 aromatic rings. The molecule has 0 aliphatic carbocycles. The van der Waals surface area contributed by atoms with Crippen LogP contribution in [0.15, 0.2) is 42.5 Å². The van der Waals surface area contributed by atoms with Crippen LogP contribution >= 0.6 is 0 Å². The maximum atomic E-state index is 11.0. The van der Waals surface area contributed by atoms with Crippen molar-refractivity contribution in [2.45, 2.75) is 13.2 Å². The highest BCUT2D eigenvalue weighted by atomic mass is 16.6. The van der Waals surface area contributed by atoms with Crippen LogP contribution < -0.4 is 9.47 Å². The fraction of sp³-hybridized carbons (Fsp3) is 0.200. The molecule has 0 aliphatic rings. The van der Waals surface area contributed by atoms with Crippen LogP contribution in [0.5, 0.6) is 11.5 Å². The summed E-state index contributed by atoms with van der Waals surface area (Å²) in [5, 5.41) is 20.0. The number of methoxy groups -OCH3 is 1. The highest BCUT2D eigenvalue weighted by molar-refractivity contribution is 5.48. The van der Waals surface area contributed by atoms with Gasteiger partial charge in [0, 0.05) is 6.07 Å². The maximum absolute atomic E-state index is 11.0. The number of nitrogens with zero attached hydrogens (tertiary/aromatic N) is 1. The van der Waals surface area contributed by atoms with Gasteiger partial charge in [-0.15, -0.1) is 0 Å². The Morgan fingerprint density at radius 1 is 1.14 bits per heavy atom. The molecule has 0 spiro atoms. The normalized spacial score (nSPS) is 10.2. The number of hydrogen-bond acceptors (Lipinski definition) is 5. The maximum Gasteiger partial charge on any atom is 0.311 e. The molecule has 110 valence electrons. The van der Waals surface area contributed by atoms with E-state index in [-0.39, 0.29) is 24.7 Å². The van der Waals surface area contributed by atoms with E-state index < -0.39 is 4.92 Å². The lowest BCUT2D eigenvalue weighted by atomic mass is 10.2. The molecule has 0 saturated carbocycles. The van der Waals surface area contributed by atoms with E-state index in [1.165, 1.54) is 12.1 Å². The Morgan fingerprint density at radius 3 is 2.38 bits per heavy atom. The summed E-state index contributed by atoms with van der Waals surface area (Å²) in [5.41, 5.74) is 1.19. The molecule has 0 saturated heterocycles. The van der Waals surface area contributed by atoms with Gasteiger partial charge in [0.05, 0.1) is 18.6 Å². The number of hydrogen-bond donors (Lipinski definition) is 1. The Morgan fingerprint density at radius 2 is 1.81 bits per heavy atom. The van der Waals surface area contributed by atoms with Crippen molar-refractivity contribution in [1.82, 2.24) is 0 Å². The van der Waals surface area contributed by atoms with E-state index in [2.05, 4.69) is 0 Å². The van der Waals surface area contributed by atoms with E-state index in [9.17, 15) is 10.1 Å². The van der Waals surface area contributed by atoms with E-state index in [0.717, 1.165) is 11.3 Å². The quantitative estimate of drug-likeness (QED) is 0.653. The Labute approximate surface area is 121 Å². The topological polar surface area (TPSA) is 81.8 Å². The summed E-state index contributed by atoms with van der Waals surface area (Å²) in [6.45, 7) is -0.0388. The third-order valence-corrected chi connectivity index (χ3v) is 2.96. The van der Waals surface area contributed by atoms with Crippen molar-refractivity contribution in [3.05, 3.63) is 63.7 Å². The molecule has 0 bridgehead atoms. The molecule has 0 amide bonds. The third-order valence-electron chi connectivity index (χ3n) is 2.96. The molecule has 0 atom stereocenters. The average molecular weight is 289 g/mol. The van der Waals surface area contributed by atoms with Gasteiger partial charge in [0.15, 0.2) is 5.75 Å². The number of ether oxygens (including phenoxy) is 2. The molecular formula is C15H15NO5. The molecule has 1 N–H and O–H groups in total. The summed E-state index contributed by atoms with van der Waals surface area (Å²) in [6.07, 6.45) is 0. The minimum absolute atomic E-state index is 0.157. The summed E-state index contributed by atoms with van der Waals surface area (Å²) in [7, 11) is 1.58. The van der Waals surface area contributed by atoms with Crippen LogP contribution in [-0.2, 0) is 13.2 Å². The van der Waals surface area contributed by atoms with Crippen molar-refractivity contribution in [3.8, 4) is 11.5 Å². The molecule has 2 aromatic carbocycles. The zero-order valence-corrected chi connectivity index (χ0v) is 11.5. The fourth-order valence-corrected chi connectivity index (χ4v) is 1.81. The number of nitro groups is 1. The van der Waals surface area contributed by atoms with Gasteiger partial charge in [-0.25, -0.2) is 0 Å². The SMILES string of the molecule is COc1ccc(COc2ccc(CO)cc2[N+](=O)[O-])cc1. The van der Waals surface area contributed by atoms with Crippen molar-refractivity contribution in [2.75, 3.05) is 7.11 Å². The summed E-state index contributed by atoms with van der Waals surface area (Å²) in [5.74, 6) is 0.907. The van der Waals surface area contributed by atoms with Crippen LogP contribution in [0.2, 0.25) is 0 Å². The molecule has 0 aliphatic heterocycles. The zero-order valence-electron chi connectivity index (χ0n) is 11.5. The second kappa shape index (κ2) is 6.71. The number of nitro benzene ring substituents is 1. The number of aliphatic hydroxyl groups is 1. The molecule has 6 heteroatoms. The molecule has 21 heavy (non-hydrogen) atoms. The lowest BCUT2D eigenvalue weighted by Crippen LogP contribution is -2.00. The first-order valence-electron chi connectivity index (χ1n) is 6.28. The molecule has 0 aromatic heterocycles. The van der Waals surface area contributed by atoms with E-state index in [4.69, 9.17) is 14.6 Å². The molecule has 2 rings (SSSR count). The largest absolute Gasteiger partial charge is 0.497 e. The first kappa shape index (κ1) is 14.8. The summed E-state index contributed by atoms with van der Waals surface area (Å²) in [6, 6.07) is 11.6. The van der Waals surface area contributed by atoms with Gasteiger partial charge >= 0.3 is 5.69 Å². The highest BCUT2D eigenvalue weighted by Crippen LogP contribution is 2.28. The Hall–Kier alpha value is -2.60. The Kier molecular flexibility index (Phi) is 4.73. The molecule has 0 fully saturated rings. The standard InChI is InChI=1S/C15H15NO5/c1-20-13-5-2-11(3-6-13)10-21-15-7-4-12(9-17)8-14(15)16(18)19/h2-8,17H,9-10H2,1H3. The predicted molar refractivity (Wildman–Crippen MR) is 76.3 cm³/mol. The Bertz CT molecular complexity index is 624. The zero-order chi connectivity index (χ0) is 15.2. The summed E-state index contributed by atoms with van der Waals surface area (Å²) < 4.78 is 10.5. The van der Waals surface area contributed by atoms with Gasteiger partial charge < -0.3 is 14.6 Å². The smallest absolute Gasteiger partial charge is 0.311 e. The van der Waals surface area contributed by atoms with Gasteiger partial charge in [-0.3, -0.25) is 10.1 Å². The van der Waals surface area contributed by atoms with Crippen molar-refractivity contribution in [1.29, 1.82) is 0 Å². The van der Waals surface area contributed by atoms with Crippen LogP contribution in [0.25, 0.3) is 0 Å². The molecule has 6 nitrogen and oxygen atoms in total. The first-order valence-corrected chi connectivity index (χ1v) is 6.28. The van der Waals surface area contributed by atoms with Crippen molar-refractivity contribution < 1.29 is 19.5 Å². The molecule has 0 radical (unpaired) electrons. The summed E-state index contributed by atoms with van der Waals surface area (Å²) >= 11 is 0. The average Bonchev–Trinajstić information content (AvgIpc) is 2.53. The lowest BCUT2D eigenvalue weighted by Gasteiger charge is -2.08. The van der Waals surface area contributed by atoms with Gasteiger partial charge in [-0.05, 0) is 29.3 Å². The number of benzene rings is 2. The first-order chi connectivity index (χ1) is 10.1. The van der Waals surface area contributed by atoms with E-state index in [1.807, 2.05) is 12.1 Å². The Balaban J connectivity index is 2.13. The third kappa shape index (κ3) is 3.70. The molecular weight excluding hydrogens is 274 g/mol. The van der Waals surface area contributed by atoms with E-state index in [0.29, 0.717) is 5.56 Å². The minimum atomic E-state index is -0.525. The fourth-order valence-electron chi connectivity index (χ4n) is 1.81. The van der Waals surface area contributed by atoms with Gasteiger partial charge in [-0.1, -0.05) is 18.2 Å². The van der Waals surface area contributed by atoms with Gasteiger partial charge in [0.25, 0.3) is 0 Å². The van der Waals surface area contributed by atoms with Crippen molar-refractivity contribution in [3.63, 3.8) is 0 Å². The van der Waals surface area contributed by atoms with Crippen LogP contribution in [0.1, 0.15) is 11.1 Å². The highest BCUT2D eigenvalue weighted by Gasteiger charge is 2.15. The van der Waals surface area contributed by atoms with Gasteiger partial charge in [0.2, 0.25) is 0 Å². The van der Waals surface area contributed by atoms with Crippen LogP contribution in [0, 0.1) is 10.1 Å². The lowest BCUT2D eigenvalue weighted by molar-refractivity contribution is -0.386. The van der Waals surface area contributed by atoms with Gasteiger partial charge in [-0.2, -0.15) is 0 Å². The van der Waals surface area contributed by atoms with Gasteiger partial charge in [0.1, 0.15) is 12.4 Å².